The number of nitrogens with zero attached hydrogens (tertiary/aromatic N) is 3. The molecule has 48 heavy (non-hydrogen) atoms. The molecule has 0 amide bonds. The lowest BCUT2D eigenvalue weighted by Crippen LogP contribution is -2.00. The van der Waals surface area contributed by atoms with Crippen LogP contribution in [0.25, 0.3) is 99.9 Å². The summed E-state index contributed by atoms with van der Waals surface area (Å²) in [6, 6.07) is 51.6. The third kappa shape index (κ3) is 4.22. The highest BCUT2D eigenvalue weighted by Crippen LogP contribution is 2.39. The third-order valence-electron chi connectivity index (χ3n) is 9.12. The van der Waals surface area contributed by atoms with Crippen molar-refractivity contribution in [2.24, 2.45) is 0 Å². The van der Waals surface area contributed by atoms with E-state index in [-0.39, 0.29) is 0 Å². The molecule has 0 N–H and O–H groups in total. The Kier molecular flexibility index (Phi) is 5.81. The number of fused-ring (bicyclic) bond motifs is 8. The van der Waals surface area contributed by atoms with Crippen molar-refractivity contribution in [3.05, 3.63) is 152 Å². The van der Waals surface area contributed by atoms with Gasteiger partial charge in [-0.1, -0.05) is 115 Å². The minimum atomic E-state index is 0.612. The zero-order valence-corrected chi connectivity index (χ0v) is 25.6. The molecular weight excluding hydrogens is 590 g/mol. The van der Waals surface area contributed by atoms with Crippen molar-refractivity contribution in [2.75, 3.05) is 0 Å². The van der Waals surface area contributed by atoms with Gasteiger partial charge in [-0.15, -0.1) is 0 Å². The van der Waals surface area contributed by atoms with Crippen molar-refractivity contribution in [2.45, 2.75) is 0 Å². The molecule has 0 aliphatic carbocycles. The van der Waals surface area contributed by atoms with E-state index in [0.717, 1.165) is 82.5 Å². The van der Waals surface area contributed by atoms with Crippen molar-refractivity contribution < 1.29 is 8.83 Å². The van der Waals surface area contributed by atoms with Crippen LogP contribution in [0.5, 0.6) is 0 Å². The lowest BCUT2D eigenvalue weighted by Gasteiger charge is -2.11. The topological polar surface area (TPSA) is 65.0 Å². The molecule has 0 unspecified atom stereocenters. The molecule has 0 saturated carbocycles. The van der Waals surface area contributed by atoms with Crippen LogP contribution in [0.2, 0.25) is 0 Å². The molecule has 0 spiro atoms. The molecule has 224 valence electrons. The van der Waals surface area contributed by atoms with E-state index in [2.05, 4.69) is 78.9 Å². The summed E-state index contributed by atoms with van der Waals surface area (Å²) in [5.74, 6) is 1.85. The van der Waals surface area contributed by atoms with E-state index in [4.69, 9.17) is 23.8 Å². The average Bonchev–Trinajstić information content (AvgIpc) is 3.74. The molecule has 0 radical (unpaired) electrons. The van der Waals surface area contributed by atoms with Crippen LogP contribution in [-0.4, -0.2) is 15.0 Å². The average molecular weight is 616 g/mol. The first-order chi connectivity index (χ1) is 23.8. The fraction of sp³-hybridized carbons (Fsp3) is 0. The Hall–Kier alpha value is -6.59. The van der Waals surface area contributed by atoms with Crippen molar-refractivity contribution in [1.82, 2.24) is 15.0 Å². The molecule has 5 heteroatoms. The van der Waals surface area contributed by atoms with E-state index in [1.807, 2.05) is 72.8 Å². The second-order valence-corrected chi connectivity index (χ2v) is 12.0. The van der Waals surface area contributed by atoms with Gasteiger partial charge in [0.1, 0.15) is 22.3 Å². The lowest BCUT2D eigenvalue weighted by molar-refractivity contribution is 0.668. The van der Waals surface area contributed by atoms with Gasteiger partial charge < -0.3 is 8.83 Å². The predicted octanol–water partition coefficient (Wildman–Crippen LogP) is 11.5. The molecule has 3 heterocycles. The predicted molar refractivity (Wildman–Crippen MR) is 194 cm³/mol. The summed E-state index contributed by atoms with van der Waals surface area (Å²) in [4.78, 5) is 15.1. The number of hydrogen-bond acceptors (Lipinski definition) is 5. The van der Waals surface area contributed by atoms with Crippen LogP contribution in [0.3, 0.4) is 0 Å². The second kappa shape index (κ2) is 10.5. The number of furan rings is 2. The van der Waals surface area contributed by atoms with Gasteiger partial charge in [0.25, 0.3) is 0 Å². The molecule has 3 aromatic heterocycles. The summed E-state index contributed by atoms with van der Waals surface area (Å²) in [6.07, 6.45) is 0. The molecule has 7 aromatic carbocycles. The number of aromatic nitrogens is 3. The Balaban J connectivity index is 1.14. The number of rotatable bonds is 4. The summed E-state index contributed by atoms with van der Waals surface area (Å²) in [7, 11) is 0. The van der Waals surface area contributed by atoms with Gasteiger partial charge >= 0.3 is 0 Å². The first-order valence-corrected chi connectivity index (χ1v) is 15.9. The summed E-state index contributed by atoms with van der Waals surface area (Å²) in [5, 5.41) is 6.65. The summed E-state index contributed by atoms with van der Waals surface area (Å²) in [6.45, 7) is 0. The maximum Gasteiger partial charge on any atom is 0.164 e. The van der Waals surface area contributed by atoms with E-state index in [9.17, 15) is 0 Å². The first-order valence-electron chi connectivity index (χ1n) is 15.9. The van der Waals surface area contributed by atoms with Crippen LogP contribution in [0, 0.1) is 0 Å². The van der Waals surface area contributed by atoms with E-state index >= 15 is 0 Å². The van der Waals surface area contributed by atoms with E-state index in [1.54, 1.807) is 0 Å². The molecule has 10 aromatic rings. The highest BCUT2D eigenvalue weighted by molar-refractivity contribution is 6.19. The van der Waals surface area contributed by atoms with Crippen molar-refractivity contribution in [3.8, 4) is 45.3 Å². The zero-order valence-electron chi connectivity index (χ0n) is 25.6. The van der Waals surface area contributed by atoms with Crippen LogP contribution in [0.4, 0.5) is 0 Å². The number of benzene rings is 7. The van der Waals surface area contributed by atoms with Crippen LogP contribution >= 0.6 is 0 Å². The maximum absolute atomic E-state index is 6.19. The highest BCUT2D eigenvalue weighted by atomic mass is 16.3. The van der Waals surface area contributed by atoms with Crippen LogP contribution < -0.4 is 0 Å². The normalized spacial score (nSPS) is 11.8. The summed E-state index contributed by atoms with van der Waals surface area (Å²) >= 11 is 0. The quantitative estimate of drug-likeness (QED) is 0.197. The fourth-order valence-electron chi connectivity index (χ4n) is 6.88. The van der Waals surface area contributed by atoms with Gasteiger partial charge in [0.2, 0.25) is 0 Å². The summed E-state index contributed by atoms with van der Waals surface area (Å²) < 4.78 is 12.3. The molecular formula is C43H25N3O2. The molecule has 0 saturated heterocycles. The van der Waals surface area contributed by atoms with Gasteiger partial charge in [0.15, 0.2) is 17.5 Å². The van der Waals surface area contributed by atoms with Gasteiger partial charge in [0.05, 0.1) is 0 Å². The van der Waals surface area contributed by atoms with Crippen LogP contribution in [0.15, 0.2) is 160 Å². The van der Waals surface area contributed by atoms with Crippen LogP contribution in [0.1, 0.15) is 0 Å². The zero-order chi connectivity index (χ0) is 31.6. The highest BCUT2D eigenvalue weighted by Gasteiger charge is 2.17. The van der Waals surface area contributed by atoms with Crippen LogP contribution in [-0.2, 0) is 0 Å². The Morgan fingerprint density at radius 1 is 0.333 bits per heavy atom. The molecule has 10 rings (SSSR count). The Morgan fingerprint density at radius 2 is 0.896 bits per heavy atom. The standard InChI is InChI=1S/C43H25N3O2/c1-2-10-26(11-3-1)41-44-42(29-13-8-12-27(24-29)31-16-9-19-37-39(31)33-14-4-6-17-35(33)47-37)46-43(45-41)30-20-22-32-28(25-30)21-23-38-40(32)34-15-5-7-18-36(34)48-38/h1-25H. The van der Waals surface area contributed by atoms with E-state index < -0.39 is 0 Å². The van der Waals surface area contributed by atoms with Gasteiger partial charge in [-0.05, 0) is 58.3 Å². The third-order valence-corrected chi connectivity index (χ3v) is 9.12. The van der Waals surface area contributed by atoms with Gasteiger partial charge in [-0.3, -0.25) is 0 Å². The monoisotopic (exact) mass is 615 g/mol. The molecule has 0 bridgehead atoms. The fourth-order valence-corrected chi connectivity index (χ4v) is 6.88. The minimum Gasteiger partial charge on any atom is -0.456 e. The molecule has 0 fully saturated rings. The van der Waals surface area contributed by atoms with Crippen molar-refractivity contribution in [1.29, 1.82) is 0 Å². The lowest BCUT2D eigenvalue weighted by atomic mass is 9.98. The number of para-hydroxylation sites is 2. The molecule has 0 atom stereocenters. The maximum atomic E-state index is 6.19. The van der Waals surface area contributed by atoms with E-state index in [1.165, 1.54) is 0 Å². The largest absolute Gasteiger partial charge is 0.456 e. The second-order valence-electron chi connectivity index (χ2n) is 12.0. The minimum absolute atomic E-state index is 0.612. The Labute approximate surface area is 274 Å². The summed E-state index contributed by atoms with van der Waals surface area (Å²) in [5.41, 5.74) is 8.43. The first kappa shape index (κ1) is 26.6. The van der Waals surface area contributed by atoms with Crippen molar-refractivity contribution in [3.63, 3.8) is 0 Å². The molecule has 5 nitrogen and oxygen atoms in total. The number of hydrogen-bond donors (Lipinski definition) is 0. The van der Waals surface area contributed by atoms with Gasteiger partial charge in [0, 0.05) is 38.2 Å². The van der Waals surface area contributed by atoms with Gasteiger partial charge in [-0.25, -0.2) is 15.0 Å². The Bertz CT molecular complexity index is 2850. The smallest absolute Gasteiger partial charge is 0.164 e. The Morgan fingerprint density at radius 3 is 1.67 bits per heavy atom. The van der Waals surface area contributed by atoms with Gasteiger partial charge in [-0.2, -0.15) is 0 Å². The SMILES string of the molecule is c1ccc(-c2nc(-c3cccc(-c4cccc5oc6ccccc6c45)c3)nc(-c3ccc4c(ccc5oc6ccccc6c54)c3)n2)cc1. The van der Waals surface area contributed by atoms with Crippen molar-refractivity contribution >= 4 is 54.6 Å². The molecule has 0 aliphatic heterocycles. The van der Waals surface area contributed by atoms with E-state index in [0.29, 0.717) is 17.5 Å². The molecule has 0 aliphatic rings.